The largest absolute Gasteiger partial charge is 0.491 e. The minimum absolute atomic E-state index is 0.0258. The average molecular weight is 378 g/mol. The van der Waals surface area contributed by atoms with E-state index in [1.807, 2.05) is 19.1 Å². The van der Waals surface area contributed by atoms with Crippen molar-refractivity contribution >= 4 is 26.6 Å². The fraction of sp³-hybridized carbons (Fsp3) is 0.353. The van der Waals surface area contributed by atoms with E-state index in [2.05, 4.69) is 9.97 Å². The van der Waals surface area contributed by atoms with Crippen LogP contribution in [0.2, 0.25) is 0 Å². The van der Waals surface area contributed by atoms with Gasteiger partial charge in [0.05, 0.1) is 17.8 Å². The molecule has 0 aliphatic carbocycles. The first-order valence-corrected chi connectivity index (χ1v) is 9.50. The number of ether oxygens (including phenoxy) is 2. The van der Waals surface area contributed by atoms with Gasteiger partial charge in [-0.1, -0.05) is 0 Å². The van der Waals surface area contributed by atoms with Gasteiger partial charge in [-0.2, -0.15) is 8.42 Å². The third-order valence-corrected chi connectivity index (χ3v) is 5.85. The van der Waals surface area contributed by atoms with Gasteiger partial charge in [-0.3, -0.25) is 4.31 Å². The van der Waals surface area contributed by atoms with Crippen molar-refractivity contribution in [3.63, 3.8) is 0 Å². The number of imidazole rings is 1. The van der Waals surface area contributed by atoms with Crippen molar-refractivity contribution in [2.45, 2.75) is 12.1 Å². The minimum Gasteiger partial charge on any atom is -0.491 e. The molecule has 0 aliphatic heterocycles. The minimum atomic E-state index is -3.82. The molecule has 0 unspecified atom stereocenters. The Morgan fingerprint density at radius 3 is 2.69 bits per heavy atom. The van der Waals surface area contributed by atoms with E-state index in [1.165, 1.54) is 22.1 Å². The van der Waals surface area contributed by atoms with Gasteiger partial charge in [0.15, 0.2) is 0 Å². The molecule has 2 aromatic heterocycles. The molecule has 26 heavy (non-hydrogen) atoms. The lowest BCUT2D eigenvalue weighted by molar-refractivity contribution is 0.146. The highest BCUT2D eigenvalue weighted by atomic mass is 32.2. The van der Waals surface area contributed by atoms with Crippen LogP contribution in [0.1, 0.15) is 5.69 Å². The van der Waals surface area contributed by atoms with Crippen LogP contribution in [0.25, 0.3) is 10.9 Å². The molecule has 0 bridgehead atoms. The molecule has 0 fully saturated rings. The first-order valence-electron chi connectivity index (χ1n) is 8.06. The van der Waals surface area contributed by atoms with E-state index in [0.29, 0.717) is 24.7 Å². The molecule has 0 aliphatic rings. The zero-order valence-corrected chi connectivity index (χ0v) is 16.0. The van der Waals surface area contributed by atoms with Crippen LogP contribution in [0.4, 0.5) is 5.69 Å². The zero-order chi connectivity index (χ0) is 18.9. The number of aromatic amines is 1. The van der Waals surface area contributed by atoms with E-state index >= 15 is 0 Å². The van der Waals surface area contributed by atoms with E-state index in [4.69, 9.17) is 9.47 Å². The normalized spacial score (nSPS) is 11.8. The summed E-state index contributed by atoms with van der Waals surface area (Å²) in [4.78, 5) is 7.20. The number of rotatable bonds is 7. The summed E-state index contributed by atoms with van der Waals surface area (Å²) in [5, 5.41) is 0.844. The van der Waals surface area contributed by atoms with E-state index < -0.39 is 10.0 Å². The van der Waals surface area contributed by atoms with Crippen molar-refractivity contribution in [3.05, 3.63) is 36.3 Å². The molecule has 0 radical (unpaired) electrons. The summed E-state index contributed by atoms with van der Waals surface area (Å²) >= 11 is 0. The molecule has 0 amide bonds. The SMILES string of the molecule is COCCOc1cc(N(C)S(=O)(=O)c2nccn2C)c2[nH]c(C)cc2c1. The Morgan fingerprint density at radius 2 is 2.04 bits per heavy atom. The zero-order valence-electron chi connectivity index (χ0n) is 15.2. The number of benzene rings is 1. The molecule has 0 saturated carbocycles. The van der Waals surface area contributed by atoms with E-state index in [1.54, 1.807) is 26.4 Å². The second kappa shape index (κ2) is 7.00. The third-order valence-electron chi connectivity index (χ3n) is 4.08. The number of hydrogen-bond acceptors (Lipinski definition) is 5. The van der Waals surface area contributed by atoms with Crippen molar-refractivity contribution in [1.82, 2.24) is 14.5 Å². The molecule has 3 aromatic rings. The van der Waals surface area contributed by atoms with Gasteiger partial charge in [0.1, 0.15) is 12.4 Å². The number of sulfonamides is 1. The van der Waals surface area contributed by atoms with Crippen LogP contribution in [0.3, 0.4) is 0 Å². The highest BCUT2D eigenvalue weighted by molar-refractivity contribution is 7.92. The van der Waals surface area contributed by atoms with Gasteiger partial charge < -0.3 is 19.0 Å². The highest BCUT2D eigenvalue weighted by Crippen LogP contribution is 2.34. The van der Waals surface area contributed by atoms with E-state index in [0.717, 1.165) is 16.6 Å². The lowest BCUT2D eigenvalue weighted by Crippen LogP contribution is -2.29. The van der Waals surface area contributed by atoms with Crippen LogP contribution >= 0.6 is 0 Å². The predicted molar refractivity (Wildman–Crippen MR) is 99.2 cm³/mol. The van der Waals surface area contributed by atoms with Crippen LogP contribution in [0.5, 0.6) is 5.75 Å². The third kappa shape index (κ3) is 3.27. The standard InChI is InChI=1S/C17H22N4O4S/c1-12-9-13-10-14(25-8-7-24-4)11-15(16(13)19-12)21(3)26(22,23)17-18-5-6-20(17)2/h5-6,9-11,19H,7-8H2,1-4H3. The Hall–Kier alpha value is -2.52. The number of nitrogens with one attached hydrogen (secondary N) is 1. The van der Waals surface area contributed by atoms with Gasteiger partial charge in [0, 0.05) is 50.7 Å². The number of anilines is 1. The van der Waals surface area contributed by atoms with Crippen LogP contribution in [-0.2, 0) is 21.8 Å². The van der Waals surface area contributed by atoms with Gasteiger partial charge in [0.2, 0.25) is 5.16 Å². The summed E-state index contributed by atoms with van der Waals surface area (Å²) in [6.45, 7) is 2.74. The predicted octanol–water partition coefficient (Wildman–Crippen LogP) is 2.06. The molecule has 2 heterocycles. The number of methoxy groups -OCH3 is 1. The summed E-state index contributed by atoms with van der Waals surface area (Å²) in [6, 6.07) is 5.52. The number of fused-ring (bicyclic) bond motifs is 1. The van der Waals surface area contributed by atoms with Crippen LogP contribution < -0.4 is 9.04 Å². The van der Waals surface area contributed by atoms with Crippen molar-refractivity contribution in [2.24, 2.45) is 7.05 Å². The second-order valence-corrected chi connectivity index (χ2v) is 7.86. The summed E-state index contributed by atoms with van der Waals surface area (Å²) in [7, 11) is 0.932. The fourth-order valence-electron chi connectivity index (χ4n) is 2.77. The van der Waals surface area contributed by atoms with Crippen molar-refractivity contribution in [2.75, 3.05) is 31.7 Å². The number of H-pyrrole nitrogens is 1. The number of aryl methyl sites for hydroxylation is 2. The smallest absolute Gasteiger partial charge is 0.298 e. The number of nitrogens with zero attached hydrogens (tertiary/aromatic N) is 3. The van der Waals surface area contributed by atoms with Gasteiger partial charge in [-0.15, -0.1) is 0 Å². The molecule has 8 nitrogen and oxygen atoms in total. The van der Waals surface area contributed by atoms with Gasteiger partial charge in [-0.25, -0.2) is 4.98 Å². The van der Waals surface area contributed by atoms with E-state index in [9.17, 15) is 8.42 Å². The molecular formula is C17H22N4O4S. The molecule has 0 atom stereocenters. The van der Waals surface area contributed by atoms with Gasteiger partial charge in [0.25, 0.3) is 10.0 Å². The highest BCUT2D eigenvalue weighted by Gasteiger charge is 2.27. The molecular weight excluding hydrogens is 356 g/mol. The average Bonchev–Trinajstić information content (AvgIpc) is 3.18. The lowest BCUT2D eigenvalue weighted by Gasteiger charge is -2.20. The molecule has 0 saturated heterocycles. The summed E-state index contributed by atoms with van der Waals surface area (Å²) < 4.78 is 39.4. The van der Waals surface area contributed by atoms with Crippen molar-refractivity contribution in [3.8, 4) is 5.75 Å². The topological polar surface area (TPSA) is 89.4 Å². The van der Waals surface area contributed by atoms with Gasteiger partial charge in [-0.05, 0) is 19.1 Å². The molecule has 140 valence electrons. The monoisotopic (exact) mass is 378 g/mol. The lowest BCUT2D eigenvalue weighted by atomic mass is 10.2. The molecule has 1 N–H and O–H groups in total. The molecule has 3 rings (SSSR count). The maximum absolute atomic E-state index is 13.0. The number of hydrogen-bond donors (Lipinski definition) is 1. The maximum atomic E-state index is 13.0. The van der Waals surface area contributed by atoms with Crippen LogP contribution in [0, 0.1) is 6.92 Å². The van der Waals surface area contributed by atoms with Crippen molar-refractivity contribution in [1.29, 1.82) is 0 Å². The van der Waals surface area contributed by atoms with Gasteiger partial charge >= 0.3 is 0 Å². The first kappa shape index (κ1) is 18.3. The Balaban J connectivity index is 2.08. The maximum Gasteiger partial charge on any atom is 0.298 e. The van der Waals surface area contributed by atoms with Crippen LogP contribution in [-0.4, -0.2) is 50.3 Å². The Bertz CT molecular complexity index is 1020. The summed E-state index contributed by atoms with van der Waals surface area (Å²) in [5.41, 5.74) is 2.14. The van der Waals surface area contributed by atoms with Crippen molar-refractivity contribution < 1.29 is 17.9 Å². The Labute approximate surface area is 152 Å². The summed E-state index contributed by atoms with van der Waals surface area (Å²) in [6.07, 6.45) is 3.05. The van der Waals surface area contributed by atoms with E-state index in [-0.39, 0.29) is 5.16 Å². The molecule has 0 spiro atoms. The van der Waals surface area contributed by atoms with Crippen LogP contribution in [0.15, 0.2) is 35.7 Å². The number of aromatic nitrogens is 3. The fourth-order valence-corrected chi connectivity index (χ4v) is 4.03. The quantitative estimate of drug-likeness (QED) is 0.636. The second-order valence-electron chi connectivity index (χ2n) is 5.99. The first-order chi connectivity index (χ1) is 12.3. The molecule has 1 aromatic carbocycles. The molecule has 9 heteroatoms. The Kier molecular flexibility index (Phi) is 4.92. The Morgan fingerprint density at radius 1 is 1.27 bits per heavy atom. The summed E-state index contributed by atoms with van der Waals surface area (Å²) in [5.74, 6) is 0.574.